The molecule has 3 aromatic rings. The number of aromatic nitrogens is 1. The summed E-state index contributed by atoms with van der Waals surface area (Å²) in [6, 6.07) is 17.0. The molecule has 0 aliphatic heterocycles. The number of benzene rings is 2. The Bertz CT molecular complexity index is 1080. The van der Waals surface area contributed by atoms with E-state index in [0.717, 1.165) is 47.0 Å². The van der Waals surface area contributed by atoms with Gasteiger partial charge in [0.1, 0.15) is 0 Å². The van der Waals surface area contributed by atoms with Crippen LogP contribution < -0.4 is 15.9 Å². The van der Waals surface area contributed by atoms with E-state index < -0.39 is 0 Å². The van der Waals surface area contributed by atoms with Gasteiger partial charge < -0.3 is 10.2 Å². The number of likely N-dealkylation sites (N-methyl/N-ethyl adjacent to an activating group) is 1. The highest BCUT2D eigenvalue weighted by molar-refractivity contribution is 5.87. The third-order valence-electron chi connectivity index (χ3n) is 4.70. The third kappa shape index (κ3) is 4.87. The summed E-state index contributed by atoms with van der Waals surface area (Å²) in [4.78, 5) is 7.07. The van der Waals surface area contributed by atoms with Gasteiger partial charge in [0.2, 0.25) is 0 Å². The average Bonchev–Trinajstić information content (AvgIpc) is 2.70. The molecule has 0 aliphatic carbocycles. The van der Waals surface area contributed by atoms with Crippen LogP contribution in [0, 0.1) is 0 Å². The number of rotatable bonds is 7. The van der Waals surface area contributed by atoms with Crippen LogP contribution in [0.5, 0.6) is 0 Å². The molecule has 0 radical (unpaired) electrons. The fourth-order valence-electron chi connectivity index (χ4n) is 3.09. The van der Waals surface area contributed by atoms with Crippen molar-refractivity contribution >= 4 is 29.1 Å². The molecule has 144 valence electrons. The third-order valence-corrected chi connectivity index (χ3v) is 4.70. The van der Waals surface area contributed by atoms with Crippen LogP contribution in [0.15, 0.2) is 60.7 Å². The molecule has 0 atom stereocenters. The number of anilines is 1. The van der Waals surface area contributed by atoms with Gasteiger partial charge in [0.05, 0.1) is 11.0 Å². The molecule has 3 heteroatoms. The summed E-state index contributed by atoms with van der Waals surface area (Å²) in [6.45, 7) is 8.23. The fraction of sp³-hybridized carbons (Fsp3) is 0.240. The topological polar surface area (TPSA) is 28.2 Å². The maximum Gasteiger partial charge on any atom is 0.0730 e. The lowest BCUT2D eigenvalue weighted by Crippen LogP contribution is -2.32. The highest BCUT2D eigenvalue weighted by atomic mass is 15.1. The minimum Gasteiger partial charge on any atom is -0.383 e. The van der Waals surface area contributed by atoms with Crippen LogP contribution in [0.2, 0.25) is 0 Å². The molecule has 0 aliphatic rings. The zero-order valence-corrected chi connectivity index (χ0v) is 17.1. The van der Waals surface area contributed by atoms with Crippen LogP contribution in [0.3, 0.4) is 0 Å². The number of pyridine rings is 1. The molecule has 1 N–H and O–H groups in total. The number of nitrogens with zero attached hydrogens (tertiary/aromatic N) is 2. The molecule has 0 unspecified atom stereocenters. The van der Waals surface area contributed by atoms with Gasteiger partial charge in [-0.1, -0.05) is 62.1 Å². The minimum absolute atomic E-state index is 0.862. The van der Waals surface area contributed by atoms with Crippen LogP contribution in [0.25, 0.3) is 34.7 Å². The molecule has 1 heterocycles. The first-order valence-electron chi connectivity index (χ1n) is 9.83. The Labute approximate surface area is 167 Å². The van der Waals surface area contributed by atoms with Gasteiger partial charge in [0, 0.05) is 29.6 Å². The van der Waals surface area contributed by atoms with Gasteiger partial charge in [-0.3, -0.25) is 0 Å². The molecular formula is C25H29N3. The van der Waals surface area contributed by atoms with E-state index >= 15 is 0 Å². The van der Waals surface area contributed by atoms with E-state index in [1.54, 1.807) is 0 Å². The normalized spacial score (nSPS) is 12.4. The number of fused-ring (bicyclic) bond motifs is 1. The Morgan fingerprint density at radius 1 is 1.07 bits per heavy atom. The Morgan fingerprint density at radius 3 is 2.61 bits per heavy atom. The van der Waals surface area contributed by atoms with Gasteiger partial charge in [-0.15, -0.1) is 0 Å². The highest BCUT2D eigenvalue weighted by Crippen LogP contribution is 2.23. The van der Waals surface area contributed by atoms with Gasteiger partial charge in [0.25, 0.3) is 0 Å². The predicted molar refractivity (Wildman–Crippen MR) is 123 cm³/mol. The first-order chi connectivity index (χ1) is 13.6. The Morgan fingerprint density at radius 2 is 1.86 bits per heavy atom. The van der Waals surface area contributed by atoms with Crippen LogP contribution in [0.1, 0.15) is 13.3 Å². The van der Waals surface area contributed by atoms with Crippen molar-refractivity contribution in [3.05, 3.63) is 71.3 Å². The summed E-state index contributed by atoms with van der Waals surface area (Å²) in [7, 11) is 4.16. The second-order valence-corrected chi connectivity index (χ2v) is 7.21. The molecule has 0 saturated heterocycles. The van der Waals surface area contributed by atoms with Crippen molar-refractivity contribution in [2.75, 3.05) is 32.5 Å². The molecule has 28 heavy (non-hydrogen) atoms. The Balaban J connectivity index is 2.07. The zero-order chi connectivity index (χ0) is 19.9. The number of nitrogens with one attached hydrogen (secondary N) is 1. The molecule has 2 aromatic carbocycles. The second-order valence-electron chi connectivity index (χ2n) is 7.21. The van der Waals surface area contributed by atoms with Crippen molar-refractivity contribution in [1.82, 2.24) is 9.88 Å². The lowest BCUT2D eigenvalue weighted by molar-refractivity contribution is 0.425. The van der Waals surface area contributed by atoms with E-state index in [9.17, 15) is 0 Å². The summed E-state index contributed by atoms with van der Waals surface area (Å²) in [6.07, 6.45) is 7.24. The van der Waals surface area contributed by atoms with Crippen molar-refractivity contribution in [3.8, 4) is 11.3 Å². The zero-order valence-electron chi connectivity index (χ0n) is 17.1. The average molecular weight is 372 g/mol. The van der Waals surface area contributed by atoms with Gasteiger partial charge in [0.15, 0.2) is 0 Å². The SMILES string of the molecule is C=c1c(NCCN(C)C)cc(-c2ccc3ccccc3c2)nc1=CC=CCC. The first kappa shape index (κ1) is 19.8. The van der Waals surface area contributed by atoms with Crippen LogP contribution >= 0.6 is 0 Å². The molecule has 0 saturated carbocycles. The van der Waals surface area contributed by atoms with Gasteiger partial charge in [-0.2, -0.15) is 0 Å². The van der Waals surface area contributed by atoms with Crippen LogP contribution in [0.4, 0.5) is 5.69 Å². The Hall–Kier alpha value is -2.91. The molecule has 0 bridgehead atoms. The van der Waals surface area contributed by atoms with E-state index in [1.165, 1.54) is 10.8 Å². The summed E-state index contributed by atoms with van der Waals surface area (Å²) in [5.74, 6) is 0. The van der Waals surface area contributed by atoms with Gasteiger partial charge in [-0.05, 0) is 49.5 Å². The van der Waals surface area contributed by atoms with Crippen LogP contribution in [-0.4, -0.2) is 37.1 Å². The van der Waals surface area contributed by atoms with Crippen molar-refractivity contribution in [3.63, 3.8) is 0 Å². The van der Waals surface area contributed by atoms with E-state index in [-0.39, 0.29) is 0 Å². The maximum atomic E-state index is 4.91. The van der Waals surface area contributed by atoms with Gasteiger partial charge in [-0.25, -0.2) is 4.98 Å². The molecule has 1 aromatic heterocycles. The standard InChI is InChI=1S/C25H29N3/c1-5-6-7-12-23-19(2)24(26-15-16-28(3)4)18-25(27-23)22-14-13-20-10-8-9-11-21(20)17-22/h6-14,17-18,26H,2,5,15-16H2,1,3-4H3. The van der Waals surface area contributed by atoms with E-state index in [4.69, 9.17) is 4.98 Å². The molecule has 0 spiro atoms. The van der Waals surface area contributed by atoms with Crippen molar-refractivity contribution < 1.29 is 0 Å². The summed E-state index contributed by atoms with van der Waals surface area (Å²) in [5, 5.41) is 7.83. The maximum absolute atomic E-state index is 4.91. The van der Waals surface area contributed by atoms with Crippen molar-refractivity contribution in [2.24, 2.45) is 0 Å². The van der Waals surface area contributed by atoms with E-state index in [2.05, 4.69) is 98.5 Å². The van der Waals surface area contributed by atoms with Crippen molar-refractivity contribution in [1.29, 1.82) is 0 Å². The monoisotopic (exact) mass is 371 g/mol. The predicted octanol–water partition coefficient (Wildman–Crippen LogP) is 4.03. The first-order valence-corrected chi connectivity index (χ1v) is 9.83. The Kier molecular flexibility index (Phi) is 6.62. The molecule has 3 rings (SSSR count). The van der Waals surface area contributed by atoms with Crippen molar-refractivity contribution in [2.45, 2.75) is 13.3 Å². The fourth-order valence-corrected chi connectivity index (χ4v) is 3.09. The van der Waals surface area contributed by atoms with E-state index in [0.29, 0.717) is 0 Å². The number of allylic oxidation sites excluding steroid dienone is 2. The second kappa shape index (κ2) is 9.34. The largest absolute Gasteiger partial charge is 0.383 e. The highest BCUT2D eigenvalue weighted by Gasteiger charge is 2.06. The number of hydrogen-bond acceptors (Lipinski definition) is 3. The van der Waals surface area contributed by atoms with Gasteiger partial charge >= 0.3 is 0 Å². The molecule has 3 nitrogen and oxygen atoms in total. The molecular weight excluding hydrogens is 342 g/mol. The lowest BCUT2D eigenvalue weighted by atomic mass is 10.0. The minimum atomic E-state index is 0.862. The number of hydrogen-bond donors (Lipinski definition) is 1. The summed E-state index contributed by atoms with van der Waals surface area (Å²) >= 11 is 0. The summed E-state index contributed by atoms with van der Waals surface area (Å²) in [5.41, 5.74) is 3.11. The smallest absolute Gasteiger partial charge is 0.0730 e. The quantitative estimate of drug-likeness (QED) is 0.680. The molecule has 0 fully saturated rings. The molecule has 0 amide bonds. The lowest BCUT2D eigenvalue weighted by Gasteiger charge is -2.13. The van der Waals surface area contributed by atoms with Crippen LogP contribution in [-0.2, 0) is 0 Å². The van der Waals surface area contributed by atoms with E-state index in [1.807, 2.05) is 6.08 Å². The summed E-state index contributed by atoms with van der Waals surface area (Å²) < 4.78 is 0.